The summed E-state index contributed by atoms with van der Waals surface area (Å²) in [5.41, 5.74) is 1.12. The van der Waals surface area contributed by atoms with Crippen LogP contribution in [-0.4, -0.2) is 17.3 Å². The van der Waals surface area contributed by atoms with E-state index in [1.54, 1.807) is 0 Å². The van der Waals surface area contributed by atoms with Gasteiger partial charge in [-0.15, -0.1) is 12.3 Å². The molecular formula is C17H24O2. The highest BCUT2D eigenvalue weighted by atomic mass is 16.5. The summed E-state index contributed by atoms with van der Waals surface area (Å²) in [7, 11) is 0. The van der Waals surface area contributed by atoms with E-state index in [1.165, 1.54) is 0 Å². The summed E-state index contributed by atoms with van der Waals surface area (Å²) in [5, 5.41) is 9.99. The minimum Gasteiger partial charge on any atom is -0.393 e. The molecule has 0 aliphatic carbocycles. The lowest BCUT2D eigenvalue weighted by Gasteiger charge is -2.30. The van der Waals surface area contributed by atoms with Crippen LogP contribution in [0.3, 0.4) is 0 Å². The Morgan fingerprint density at radius 3 is 2.42 bits per heavy atom. The van der Waals surface area contributed by atoms with Crippen LogP contribution in [-0.2, 0) is 11.3 Å². The van der Waals surface area contributed by atoms with Gasteiger partial charge < -0.3 is 9.84 Å². The number of rotatable bonds is 7. The summed E-state index contributed by atoms with van der Waals surface area (Å²) in [6, 6.07) is 10.0. The van der Waals surface area contributed by atoms with Crippen molar-refractivity contribution in [1.82, 2.24) is 0 Å². The maximum absolute atomic E-state index is 9.99. The molecule has 19 heavy (non-hydrogen) atoms. The van der Waals surface area contributed by atoms with Gasteiger partial charge in [-0.3, -0.25) is 0 Å². The van der Waals surface area contributed by atoms with Crippen LogP contribution in [0.25, 0.3) is 0 Å². The Morgan fingerprint density at radius 1 is 1.26 bits per heavy atom. The van der Waals surface area contributed by atoms with Crippen molar-refractivity contribution in [3.8, 4) is 12.3 Å². The Bertz CT molecular complexity index is 393. The second kappa shape index (κ2) is 7.99. The van der Waals surface area contributed by atoms with Crippen molar-refractivity contribution in [2.24, 2.45) is 11.8 Å². The minimum absolute atomic E-state index is 0.0140. The predicted octanol–water partition coefficient (Wildman–Crippen LogP) is 3.25. The van der Waals surface area contributed by atoms with Crippen LogP contribution in [0.15, 0.2) is 30.3 Å². The average Bonchev–Trinajstić information content (AvgIpc) is 2.47. The van der Waals surface area contributed by atoms with Gasteiger partial charge >= 0.3 is 0 Å². The largest absolute Gasteiger partial charge is 0.393 e. The monoisotopic (exact) mass is 260 g/mol. The van der Waals surface area contributed by atoms with Crippen molar-refractivity contribution in [3.63, 3.8) is 0 Å². The summed E-state index contributed by atoms with van der Waals surface area (Å²) in [6.45, 7) is 6.46. The van der Waals surface area contributed by atoms with Crippen LogP contribution in [0, 0.1) is 24.2 Å². The summed E-state index contributed by atoms with van der Waals surface area (Å²) in [5.74, 6) is 2.74. The van der Waals surface area contributed by atoms with E-state index in [2.05, 4.69) is 5.92 Å². The highest BCUT2D eigenvalue weighted by Crippen LogP contribution is 2.22. The molecule has 4 atom stereocenters. The van der Waals surface area contributed by atoms with Crippen LogP contribution in [0.1, 0.15) is 32.8 Å². The van der Waals surface area contributed by atoms with Gasteiger partial charge in [-0.2, -0.15) is 0 Å². The fraction of sp³-hybridized carbons (Fsp3) is 0.529. The number of ether oxygens (including phenoxy) is 1. The lowest BCUT2D eigenvalue weighted by molar-refractivity contribution is -0.0545. The Labute approximate surface area is 116 Å². The van der Waals surface area contributed by atoms with Gasteiger partial charge in [-0.1, -0.05) is 44.2 Å². The maximum Gasteiger partial charge on any atom is 0.0764 e. The highest BCUT2D eigenvalue weighted by molar-refractivity contribution is 5.13. The molecule has 1 aromatic carbocycles. The topological polar surface area (TPSA) is 29.5 Å². The van der Waals surface area contributed by atoms with Crippen LogP contribution < -0.4 is 0 Å². The number of terminal acetylenes is 1. The van der Waals surface area contributed by atoms with Crippen molar-refractivity contribution in [3.05, 3.63) is 35.9 Å². The normalized spacial score (nSPS) is 17.2. The summed E-state index contributed by atoms with van der Waals surface area (Å²) in [6.07, 6.45) is 5.72. The van der Waals surface area contributed by atoms with Gasteiger partial charge in [-0.25, -0.2) is 0 Å². The second-order valence-corrected chi connectivity index (χ2v) is 5.05. The maximum atomic E-state index is 9.99. The van der Waals surface area contributed by atoms with Gasteiger partial charge in [0.15, 0.2) is 0 Å². The van der Waals surface area contributed by atoms with Crippen molar-refractivity contribution in [1.29, 1.82) is 0 Å². The predicted molar refractivity (Wildman–Crippen MR) is 78.5 cm³/mol. The molecule has 0 aromatic heterocycles. The Balaban J connectivity index is 2.68. The number of aliphatic hydroxyl groups excluding tert-OH is 1. The Morgan fingerprint density at radius 2 is 1.89 bits per heavy atom. The molecule has 0 spiro atoms. The molecule has 0 bridgehead atoms. The minimum atomic E-state index is -0.378. The van der Waals surface area contributed by atoms with Crippen LogP contribution in [0.4, 0.5) is 0 Å². The van der Waals surface area contributed by atoms with Crippen molar-refractivity contribution in [2.45, 2.75) is 46.0 Å². The highest BCUT2D eigenvalue weighted by Gasteiger charge is 2.28. The van der Waals surface area contributed by atoms with Gasteiger partial charge in [0.25, 0.3) is 0 Å². The molecule has 0 aliphatic heterocycles. The van der Waals surface area contributed by atoms with Crippen LogP contribution in [0.2, 0.25) is 0 Å². The molecular weight excluding hydrogens is 236 g/mol. The van der Waals surface area contributed by atoms with Crippen molar-refractivity contribution >= 4 is 0 Å². The third-order valence-corrected chi connectivity index (χ3v) is 3.58. The molecule has 0 radical (unpaired) electrons. The number of hydrogen-bond acceptors (Lipinski definition) is 2. The fourth-order valence-corrected chi connectivity index (χ4v) is 2.20. The molecule has 1 aromatic rings. The van der Waals surface area contributed by atoms with Gasteiger partial charge in [-0.05, 0) is 18.9 Å². The first-order valence-electron chi connectivity index (χ1n) is 6.89. The zero-order chi connectivity index (χ0) is 14.3. The molecule has 0 aliphatic rings. The first-order valence-corrected chi connectivity index (χ1v) is 6.89. The zero-order valence-corrected chi connectivity index (χ0v) is 12.0. The van der Waals surface area contributed by atoms with Crippen LogP contribution >= 0.6 is 0 Å². The van der Waals surface area contributed by atoms with E-state index in [1.807, 2.05) is 51.1 Å². The quantitative estimate of drug-likeness (QED) is 0.763. The summed E-state index contributed by atoms with van der Waals surface area (Å²) in [4.78, 5) is 0. The Hall–Kier alpha value is -1.30. The standard InChI is InChI=1S/C17H24O2/c1-5-13(3)17(14(4)16(18)6-2)19-12-15-10-8-7-9-11-15/h1,7-11,13-14,16-18H,6,12H2,2-4H3/t13-,14+,16-,17?/m1/s1. The van der Waals surface area contributed by atoms with E-state index < -0.39 is 0 Å². The van der Waals surface area contributed by atoms with E-state index in [4.69, 9.17) is 11.2 Å². The van der Waals surface area contributed by atoms with Gasteiger partial charge in [0.1, 0.15) is 0 Å². The average molecular weight is 260 g/mol. The molecule has 0 amide bonds. The first-order chi connectivity index (χ1) is 9.10. The fourth-order valence-electron chi connectivity index (χ4n) is 2.20. The number of aliphatic hydroxyl groups is 1. The smallest absolute Gasteiger partial charge is 0.0764 e. The molecule has 0 saturated heterocycles. The van der Waals surface area contributed by atoms with E-state index >= 15 is 0 Å². The third kappa shape index (κ3) is 4.70. The third-order valence-electron chi connectivity index (χ3n) is 3.58. The second-order valence-electron chi connectivity index (χ2n) is 5.05. The number of hydrogen-bond donors (Lipinski definition) is 1. The van der Waals surface area contributed by atoms with Crippen LogP contribution in [0.5, 0.6) is 0 Å². The lowest BCUT2D eigenvalue weighted by atomic mass is 9.88. The molecule has 0 fully saturated rings. The zero-order valence-electron chi connectivity index (χ0n) is 12.0. The molecule has 2 heteroatoms. The Kier molecular flexibility index (Phi) is 6.62. The van der Waals surface area contributed by atoms with E-state index in [9.17, 15) is 5.11 Å². The van der Waals surface area contributed by atoms with Gasteiger partial charge in [0.2, 0.25) is 0 Å². The molecule has 0 heterocycles. The molecule has 0 saturated carbocycles. The molecule has 1 rings (SSSR count). The summed E-state index contributed by atoms with van der Waals surface area (Å²) < 4.78 is 5.96. The number of benzene rings is 1. The van der Waals surface area contributed by atoms with Crippen molar-refractivity contribution < 1.29 is 9.84 Å². The van der Waals surface area contributed by atoms with Gasteiger partial charge in [0, 0.05) is 11.8 Å². The molecule has 2 nitrogen and oxygen atoms in total. The van der Waals surface area contributed by atoms with E-state index in [0.717, 1.165) is 5.56 Å². The molecule has 104 valence electrons. The van der Waals surface area contributed by atoms with E-state index in [-0.39, 0.29) is 24.0 Å². The van der Waals surface area contributed by atoms with E-state index in [0.29, 0.717) is 13.0 Å². The van der Waals surface area contributed by atoms with Gasteiger partial charge in [0.05, 0.1) is 18.8 Å². The summed E-state index contributed by atoms with van der Waals surface area (Å²) >= 11 is 0. The molecule has 1 N–H and O–H groups in total. The lowest BCUT2D eigenvalue weighted by Crippen LogP contribution is -2.35. The SMILES string of the molecule is C#C[C@@H](C)C(OCc1ccccc1)[C@@H](C)[C@H](O)CC. The van der Waals surface area contributed by atoms with Crippen molar-refractivity contribution in [2.75, 3.05) is 0 Å². The first kappa shape index (κ1) is 15.8. The molecule has 1 unspecified atom stereocenters.